The molecule has 0 atom stereocenters. The van der Waals surface area contributed by atoms with Crippen LogP contribution in [0.3, 0.4) is 0 Å². The van der Waals surface area contributed by atoms with Gasteiger partial charge in [-0.15, -0.1) is 0 Å². The molecule has 5 aromatic rings. The first-order valence-electron chi connectivity index (χ1n) is 12.4. The summed E-state index contributed by atoms with van der Waals surface area (Å²) in [5, 5.41) is 0. The molecule has 0 radical (unpaired) electrons. The molecule has 0 bridgehead atoms. The van der Waals surface area contributed by atoms with Crippen LogP contribution >= 0.6 is 0 Å². The maximum atomic E-state index is 15.4. The molecule has 0 spiro atoms. The number of nitrogens with one attached hydrogen (secondary N) is 1. The highest BCUT2D eigenvalue weighted by atomic mass is 32.2. The lowest BCUT2D eigenvalue weighted by Crippen LogP contribution is -2.16. The summed E-state index contributed by atoms with van der Waals surface area (Å²) in [5.74, 6) is -2.85. The van der Waals surface area contributed by atoms with Gasteiger partial charge in [0.15, 0.2) is 17.5 Å². The fourth-order valence-electron chi connectivity index (χ4n) is 3.66. The molecule has 0 saturated heterocycles. The molecule has 218 valence electrons. The molecule has 2 aromatic carbocycles. The van der Waals surface area contributed by atoms with Crippen molar-refractivity contribution in [2.24, 2.45) is 0 Å². The zero-order valence-electron chi connectivity index (χ0n) is 22.3. The summed E-state index contributed by atoms with van der Waals surface area (Å²) in [4.78, 5) is 19.8. The molecule has 5 rings (SSSR count). The number of pyridine rings is 1. The molecular formula is C27H25F3N8O3S. The maximum absolute atomic E-state index is 15.4. The van der Waals surface area contributed by atoms with Crippen molar-refractivity contribution in [2.75, 3.05) is 29.4 Å². The van der Waals surface area contributed by atoms with Gasteiger partial charge in [-0.05, 0) is 56.3 Å². The van der Waals surface area contributed by atoms with Crippen LogP contribution in [0.2, 0.25) is 0 Å². The van der Waals surface area contributed by atoms with Gasteiger partial charge in [0.2, 0.25) is 5.95 Å². The lowest BCUT2D eigenvalue weighted by molar-refractivity contribution is 0.162. The van der Waals surface area contributed by atoms with E-state index in [9.17, 15) is 17.2 Å². The van der Waals surface area contributed by atoms with Gasteiger partial charge in [-0.25, -0.2) is 46.5 Å². The first-order valence-corrected chi connectivity index (χ1v) is 13.9. The Morgan fingerprint density at radius 3 is 2.29 bits per heavy atom. The Balaban J connectivity index is 0.000000748. The van der Waals surface area contributed by atoms with Gasteiger partial charge in [-0.1, -0.05) is 6.07 Å². The largest absolute Gasteiger partial charge is 0.382 e. The topological polar surface area (TPSA) is 172 Å². The minimum absolute atomic E-state index is 0.00230. The second-order valence-electron chi connectivity index (χ2n) is 8.46. The summed E-state index contributed by atoms with van der Waals surface area (Å²) in [7, 11) is -4.65. The zero-order valence-corrected chi connectivity index (χ0v) is 23.2. The number of nitrogens with two attached hydrogens (primary N) is 2. The van der Waals surface area contributed by atoms with Crippen LogP contribution in [0.25, 0.3) is 33.7 Å². The normalized spacial score (nSPS) is 11.2. The van der Waals surface area contributed by atoms with Gasteiger partial charge < -0.3 is 16.2 Å². The van der Waals surface area contributed by atoms with E-state index in [-0.39, 0.29) is 34.4 Å². The number of sulfonamides is 1. The lowest BCUT2D eigenvalue weighted by atomic mass is 10.1. The molecule has 0 aliphatic carbocycles. The number of nitrogens with zero attached hydrogens (tertiary/aromatic N) is 5. The second kappa shape index (κ2) is 12.7. The Morgan fingerprint density at radius 1 is 0.905 bits per heavy atom. The third-order valence-corrected chi connectivity index (χ3v) is 6.99. The Bertz CT molecular complexity index is 1840. The zero-order chi connectivity index (χ0) is 30.4. The second-order valence-corrected chi connectivity index (χ2v) is 10.1. The van der Waals surface area contributed by atoms with E-state index in [2.05, 4.69) is 24.9 Å². The van der Waals surface area contributed by atoms with Gasteiger partial charge in [-0.3, -0.25) is 4.72 Å². The van der Waals surface area contributed by atoms with E-state index in [0.717, 1.165) is 25.3 Å². The number of ether oxygens (including phenoxy) is 1. The number of rotatable bonds is 7. The Morgan fingerprint density at radius 2 is 1.62 bits per heavy atom. The van der Waals surface area contributed by atoms with Crippen molar-refractivity contribution in [3.05, 3.63) is 78.4 Å². The molecule has 5 N–H and O–H groups in total. The highest BCUT2D eigenvalue weighted by Gasteiger charge is 2.23. The Labute approximate surface area is 238 Å². The monoisotopic (exact) mass is 598 g/mol. The van der Waals surface area contributed by atoms with Crippen molar-refractivity contribution >= 4 is 38.5 Å². The predicted octanol–water partition coefficient (Wildman–Crippen LogP) is 4.57. The molecule has 0 saturated carbocycles. The molecule has 0 amide bonds. The molecule has 3 aromatic heterocycles. The summed E-state index contributed by atoms with van der Waals surface area (Å²) >= 11 is 0. The van der Waals surface area contributed by atoms with E-state index >= 15 is 4.39 Å². The average Bonchev–Trinajstić information content (AvgIpc) is 2.96. The summed E-state index contributed by atoms with van der Waals surface area (Å²) in [6.07, 6.45) is 2.87. The molecule has 0 fully saturated rings. The van der Waals surface area contributed by atoms with Gasteiger partial charge in [0, 0.05) is 31.2 Å². The van der Waals surface area contributed by atoms with Crippen molar-refractivity contribution in [1.82, 2.24) is 24.9 Å². The number of halogens is 3. The van der Waals surface area contributed by atoms with Gasteiger partial charge in [0.25, 0.3) is 10.0 Å². The standard InChI is InChI=1S/C23H15F3N8O2S.C4H10O/c24-12-4-5-14(25)18(8-12)37(35,36)34-16-3-1-2-13(19(16)26)15-6-7-17-20(31-15)21(27)33-22(32-17)11-9-29-23(28)30-10-11;1-3-5-4-2/h1-10,34H,(H2,27,32,33)(H2,28,29,30);3-4H2,1-2H3. The minimum atomic E-state index is -4.65. The molecule has 0 aliphatic rings. The predicted molar refractivity (Wildman–Crippen MR) is 152 cm³/mol. The van der Waals surface area contributed by atoms with E-state index in [0.29, 0.717) is 23.2 Å². The lowest BCUT2D eigenvalue weighted by Gasteiger charge is -2.12. The summed E-state index contributed by atoms with van der Waals surface area (Å²) in [6, 6.07) is 8.79. The van der Waals surface area contributed by atoms with Crippen LogP contribution in [0.4, 0.5) is 30.6 Å². The van der Waals surface area contributed by atoms with Crippen molar-refractivity contribution in [3.63, 3.8) is 0 Å². The maximum Gasteiger partial charge on any atom is 0.265 e. The van der Waals surface area contributed by atoms with E-state index < -0.39 is 38.1 Å². The number of anilines is 3. The van der Waals surface area contributed by atoms with Crippen LogP contribution in [-0.2, 0) is 14.8 Å². The van der Waals surface area contributed by atoms with Crippen molar-refractivity contribution < 1.29 is 26.3 Å². The molecule has 15 heteroatoms. The number of hydrogen-bond acceptors (Lipinski definition) is 10. The van der Waals surface area contributed by atoms with Gasteiger partial charge in [0.05, 0.1) is 22.5 Å². The SMILES string of the molecule is CCOCC.Nc1ncc(-c2nc(N)c3nc(-c4cccc(NS(=O)(=O)c5cc(F)ccc5F)c4F)ccc3n2)cn1. The van der Waals surface area contributed by atoms with E-state index in [1.165, 1.54) is 36.7 Å². The van der Waals surface area contributed by atoms with E-state index in [1.807, 2.05) is 18.6 Å². The number of nitrogen functional groups attached to an aromatic ring is 2. The van der Waals surface area contributed by atoms with Crippen LogP contribution in [0.15, 0.2) is 65.8 Å². The highest BCUT2D eigenvalue weighted by Crippen LogP contribution is 2.31. The molecule has 0 unspecified atom stereocenters. The number of aromatic nitrogens is 5. The molecule has 0 aliphatic heterocycles. The van der Waals surface area contributed by atoms with Crippen LogP contribution in [0, 0.1) is 17.5 Å². The first-order chi connectivity index (χ1) is 20.0. The molecule has 42 heavy (non-hydrogen) atoms. The van der Waals surface area contributed by atoms with Crippen LogP contribution in [-0.4, -0.2) is 46.6 Å². The molecule has 11 nitrogen and oxygen atoms in total. The van der Waals surface area contributed by atoms with Crippen LogP contribution in [0.5, 0.6) is 0 Å². The van der Waals surface area contributed by atoms with Crippen LogP contribution in [0.1, 0.15) is 13.8 Å². The van der Waals surface area contributed by atoms with E-state index in [1.54, 1.807) is 0 Å². The summed E-state index contributed by atoms with van der Waals surface area (Å²) in [6.45, 7) is 5.67. The quantitative estimate of drug-likeness (QED) is 0.241. The van der Waals surface area contributed by atoms with Gasteiger partial charge in [0.1, 0.15) is 22.0 Å². The van der Waals surface area contributed by atoms with Gasteiger partial charge in [-0.2, -0.15) is 0 Å². The molecule has 3 heterocycles. The smallest absolute Gasteiger partial charge is 0.265 e. The van der Waals surface area contributed by atoms with E-state index in [4.69, 9.17) is 16.2 Å². The van der Waals surface area contributed by atoms with Crippen LogP contribution < -0.4 is 16.2 Å². The minimum Gasteiger partial charge on any atom is -0.382 e. The first kappa shape index (κ1) is 30.1. The number of benzene rings is 2. The molecular weight excluding hydrogens is 573 g/mol. The highest BCUT2D eigenvalue weighted by molar-refractivity contribution is 7.92. The van der Waals surface area contributed by atoms with Gasteiger partial charge >= 0.3 is 0 Å². The Hall–Kier alpha value is -4.89. The summed E-state index contributed by atoms with van der Waals surface area (Å²) < 4.78 is 74.9. The Kier molecular flexibility index (Phi) is 9.12. The summed E-state index contributed by atoms with van der Waals surface area (Å²) in [5.41, 5.74) is 12.1. The average molecular weight is 599 g/mol. The van der Waals surface area contributed by atoms with Crippen molar-refractivity contribution in [3.8, 4) is 22.6 Å². The third kappa shape index (κ3) is 6.70. The fraction of sp³-hybridized carbons (Fsp3) is 0.148. The van der Waals surface area contributed by atoms with Crippen molar-refractivity contribution in [1.29, 1.82) is 0 Å². The fourth-order valence-corrected chi connectivity index (χ4v) is 4.81. The third-order valence-electron chi connectivity index (χ3n) is 5.61. The van der Waals surface area contributed by atoms with Crippen molar-refractivity contribution in [2.45, 2.75) is 18.7 Å². The number of hydrogen-bond donors (Lipinski definition) is 3. The number of fused-ring (bicyclic) bond motifs is 1.